The minimum atomic E-state index is -0.0199. The predicted octanol–water partition coefficient (Wildman–Crippen LogP) is 5.16. The zero-order valence-corrected chi connectivity index (χ0v) is 13.3. The lowest BCUT2D eigenvalue weighted by atomic mass is 10.1. The topological polar surface area (TPSA) is 26.3 Å². The summed E-state index contributed by atoms with van der Waals surface area (Å²) in [4.78, 5) is 12.2. The Hall–Kier alpha value is -3.13. The van der Waals surface area contributed by atoms with Gasteiger partial charge in [0.25, 0.3) is 0 Å². The van der Waals surface area contributed by atoms with Crippen LogP contribution in [-0.2, 0) is 6.61 Å². The van der Waals surface area contributed by atoms with E-state index in [2.05, 4.69) is 0 Å². The predicted molar refractivity (Wildman–Crippen MR) is 97.0 cm³/mol. The van der Waals surface area contributed by atoms with Crippen molar-refractivity contribution in [1.82, 2.24) is 0 Å². The minimum absolute atomic E-state index is 0.0199. The number of allylic oxidation sites excluding steroid dienone is 1. The molecule has 0 heterocycles. The number of hydrogen-bond donors (Lipinski definition) is 0. The van der Waals surface area contributed by atoms with Crippen LogP contribution in [0.3, 0.4) is 0 Å². The third-order valence-corrected chi connectivity index (χ3v) is 3.61. The molecule has 0 spiro atoms. The number of ketones is 1. The highest BCUT2D eigenvalue weighted by Crippen LogP contribution is 2.15. The second-order valence-electron chi connectivity index (χ2n) is 5.41. The van der Waals surface area contributed by atoms with Crippen molar-refractivity contribution in [2.75, 3.05) is 0 Å². The fraction of sp³-hybridized carbons (Fsp3) is 0.0455. The Labute approximate surface area is 142 Å². The van der Waals surface area contributed by atoms with Crippen LogP contribution in [-0.4, -0.2) is 5.78 Å². The highest BCUT2D eigenvalue weighted by Gasteiger charge is 2.02. The molecule has 0 aliphatic carbocycles. The normalized spacial score (nSPS) is 10.7. The van der Waals surface area contributed by atoms with E-state index in [0.29, 0.717) is 12.2 Å². The molecule has 0 unspecified atom stereocenters. The Morgan fingerprint density at radius 2 is 1.42 bits per heavy atom. The van der Waals surface area contributed by atoms with Gasteiger partial charge in [-0.1, -0.05) is 66.7 Å². The lowest BCUT2D eigenvalue weighted by molar-refractivity contribution is 0.104. The van der Waals surface area contributed by atoms with Crippen molar-refractivity contribution in [3.63, 3.8) is 0 Å². The van der Waals surface area contributed by atoms with Gasteiger partial charge in [0, 0.05) is 5.56 Å². The first-order chi connectivity index (χ1) is 11.8. The van der Waals surface area contributed by atoms with Gasteiger partial charge in [0.05, 0.1) is 0 Å². The Morgan fingerprint density at radius 1 is 0.792 bits per heavy atom. The Balaban J connectivity index is 1.59. The summed E-state index contributed by atoms with van der Waals surface area (Å²) >= 11 is 0. The number of carbonyl (C=O) groups is 1. The van der Waals surface area contributed by atoms with Gasteiger partial charge in [-0.2, -0.15) is 0 Å². The number of rotatable bonds is 6. The summed E-state index contributed by atoms with van der Waals surface area (Å²) in [6, 6.07) is 27.0. The molecule has 0 bridgehead atoms. The molecule has 0 saturated heterocycles. The van der Waals surface area contributed by atoms with Crippen LogP contribution < -0.4 is 4.74 Å². The fourth-order valence-corrected chi connectivity index (χ4v) is 2.29. The quantitative estimate of drug-likeness (QED) is 0.464. The molecule has 0 aromatic heterocycles. The standard InChI is InChI=1S/C22H18O2/c23-22(16-11-18-7-3-1-4-8-18)20-12-14-21(15-13-20)24-17-19-9-5-2-6-10-19/h1-16H,17H2/b16-11+. The fourth-order valence-electron chi connectivity index (χ4n) is 2.29. The van der Waals surface area contributed by atoms with Gasteiger partial charge in [-0.05, 0) is 41.5 Å². The summed E-state index contributed by atoms with van der Waals surface area (Å²) in [5.41, 5.74) is 2.77. The first-order valence-corrected chi connectivity index (χ1v) is 7.85. The summed E-state index contributed by atoms with van der Waals surface area (Å²) in [6.45, 7) is 0.516. The molecule has 0 aliphatic rings. The molecular weight excluding hydrogens is 296 g/mol. The van der Waals surface area contributed by atoms with Crippen molar-refractivity contribution in [2.24, 2.45) is 0 Å². The molecule has 2 heteroatoms. The summed E-state index contributed by atoms with van der Waals surface area (Å²) < 4.78 is 5.73. The van der Waals surface area contributed by atoms with E-state index in [0.717, 1.165) is 16.9 Å². The molecule has 3 rings (SSSR count). The number of ether oxygens (including phenoxy) is 1. The lowest BCUT2D eigenvalue weighted by Crippen LogP contribution is -1.97. The van der Waals surface area contributed by atoms with Gasteiger partial charge >= 0.3 is 0 Å². The molecule has 0 N–H and O–H groups in total. The van der Waals surface area contributed by atoms with Gasteiger partial charge in [-0.3, -0.25) is 4.79 Å². The number of hydrogen-bond acceptors (Lipinski definition) is 2. The molecule has 0 aliphatic heterocycles. The van der Waals surface area contributed by atoms with Crippen LogP contribution in [0.15, 0.2) is 91.0 Å². The summed E-state index contributed by atoms with van der Waals surface area (Å²) in [5, 5.41) is 0. The van der Waals surface area contributed by atoms with Gasteiger partial charge in [0.2, 0.25) is 0 Å². The third-order valence-electron chi connectivity index (χ3n) is 3.61. The van der Waals surface area contributed by atoms with Crippen LogP contribution in [0, 0.1) is 0 Å². The average molecular weight is 314 g/mol. The second kappa shape index (κ2) is 7.93. The van der Waals surface area contributed by atoms with E-state index < -0.39 is 0 Å². The maximum Gasteiger partial charge on any atom is 0.185 e. The van der Waals surface area contributed by atoms with Crippen molar-refractivity contribution < 1.29 is 9.53 Å². The van der Waals surface area contributed by atoms with Gasteiger partial charge < -0.3 is 4.74 Å². The molecule has 118 valence electrons. The first kappa shape index (κ1) is 15.8. The highest BCUT2D eigenvalue weighted by molar-refractivity contribution is 6.06. The van der Waals surface area contributed by atoms with E-state index in [9.17, 15) is 4.79 Å². The van der Waals surface area contributed by atoms with Crippen molar-refractivity contribution >= 4 is 11.9 Å². The second-order valence-corrected chi connectivity index (χ2v) is 5.41. The van der Waals surface area contributed by atoms with Crippen molar-refractivity contribution in [2.45, 2.75) is 6.61 Å². The number of carbonyl (C=O) groups excluding carboxylic acids is 1. The van der Waals surface area contributed by atoms with Gasteiger partial charge in [-0.15, -0.1) is 0 Å². The molecule has 3 aromatic carbocycles. The van der Waals surface area contributed by atoms with E-state index in [1.165, 1.54) is 0 Å². The van der Waals surface area contributed by atoms with E-state index in [1.54, 1.807) is 18.2 Å². The van der Waals surface area contributed by atoms with Crippen molar-refractivity contribution in [3.05, 3.63) is 108 Å². The van der Waals surface area contributed by atoms with Crippen LogP contribution in [0.5, 0.6) is 5.75 Å². The minimum Gasteiger partial charge on any atom is -0.489 e. The molecular formula is C22H18O2. The van der Waals surface area contributed by atoms with E-state index in [1.807, 2.05) is 78.9 Å². The maximum atomic E-state index is 12.2. The van der Waals surface area contributed by atoms with Crippen LogP contribution in [0.4, 0.5) is 0 Å². The third kappa shape index (κ3) is 4.43. The average Bonchev–Trinajstić information content (AvgIpc) is 2.66. The van der Waals surface area contributed by atoms with E-state index in [-0.39, 0.29) is 5.78 Å². The summed E-state index contributed by atoms with van der Waals surface area (Å²) in [5.74, 6) is 0.732. The zero-order chi connectivity index (χ0) is 16.6. The summed E-state index contributed by atoms with van der Waals surface area (Å²) in [6.07, 6.45) is 3.41. The van der Waals surface area contributed by atoms with Crippen LogP contribution in [0.25, 0.3) is 6.08 Å². The van der Waals surface area contributed by atoms with Gasteiger partial charge in [0.15, 0.2) is 5.78 Å². The van der Waals surface area contributed by atoms with Gasteiger partial charge in [0.1, 0.15) is 12.4 Å². The molecule has 0 fully saturated rings. The lowest BCUT2D eigenvalue weighted by Gasteiger charge is -2.06. The molecule has 0 amide bonds. The zero-order valence-electron chi connectivity index (χ0n) is 13.3. The smallest absolute Gasteiger partial charge is 0.185 e. The molecule has 3 aromatic rings. The first-order valence-electron chi connectivity index (χ1n) is 7.85. The molecule has 0 radical (unpaired) electrons. The largest absolute Gasteiger partial charge is 0.489 e. The molecule has 24 heavy (non-hydrogen) atoms. The Kier molecular flexibility index (Phi) is 5.21. The van der Waals surface area contributed by atoms with Crippen LogP contribution >= 0.6 is 0 Å². The van der Waals surface area contributed by atoms with E-state index >= 15 is 0 Å². The van der Waals surface area contributed by atoms with Crippen molar-refractivity contribution in [1.29, 1.82) is 0 Å². The van der Waals surface area contributed by atoms with Gasteiger partial charge in [-0.25, -0.2) is 0 Å². The molecule has 2 nitrogen and oxygen atoms in total. The maximum absolute atomic E-state index is 12.2. The molecule has 0 saturated carbocycles. The van der Waals surface area contributed by atoms with Crippen LogP contribution in [0.2, 0.25) is 0 Å². The highest BCUT2D eigenvalue weighted by atomic mass is 16.5. The van der Waals surface area contributed by atoms with E-state index in [4.69, 9.17) is 4.74 Å². The molecule has 0 atom stereocenters. The van der Waals surface area contributed by atoms with Crippen molar-refractivity contribution in [3.8, 4) is 5.75 Å². The number of benzene rings is 3. The summed E-state index contributed by atoms with van der Waals surface area (Å²) in [7, 11) is 0. The Morgan fingerprint density at radius 3 is 2.08 bits per heavy atom. The Bertz CT molecular complexity index is 804. The monoisotopic (exact) mass is 314 g/mol. The SMILES string of the molecule is O=C(/C=C/c1ccccc1)c1ccc(OCc2ccccc2)cc1. The van der Waals surface area contributed by atoms with Crippen LogP contribution in [0.1, 0.15) is 21.5 Å².